The highest BCUT2D eigenvalue weighted by molar-refractivity contribution is 9.10. The van der Waals surface area contributed by atoms with Crippen LogP contribution in [0, 0.1) is 5.82 Å². The molecule has 0 saturated carbocycles. The number of carbonyl (C=O) groups is 1. The van der Waals surface area contributed by atoms with E-state index in [1.165, 1.54) is 12.1 Å². The molecule has 0 bridgehead atoms. The van der Waals surface area contributed by atoms with Gasteiger partial charge in [0.25, 0.3) is 0 Å². The summed E-state index contributed by atoms with van der Waals surface area (Å²) in [5.41, 5.74) is 0.654. The summed E-state index contributed by atoms with van der Waals surface area (Å²) in [5.74, 6) is -0.822. The third-order valence-electron chi connectivity index (χ3n) is 2.44. The zero-order chi connectivity index (χ0) is 13.3. The number of hydrogen-bond acceptors (Lipinski definition) is 4. The molecule has 1 aromatic carbocycles. The van der Waals surface area contributed by atoms with Gasteiger partial charge in [0.1, 0.15) is 10.7 Å². The fraction of sp³-hybridized carbons (Fsp3) is 0.250. The van der Waals surface area contributed by atoms with Crippen molar-refractivity contribution in [2.24, 2.45) is 0 Å². The predicted molar refractivity (Wildman–Crippen MR) is 71.5 cm³/mol. The Balaban J connectivity index is 2.48. The van der Waals surface area contributed by atoms with E-state index in [9.17, 15) is 9.18 Å². The van der Waals surface area contributed by atoms with Gasteiger partial charge in [-0.2, -0.15) is 0 Å². The van der Waals surface area contributed by atoms with Crippen molar-refractivity contribution in [3.8, 4) is 0 Å². The first-order valence-corrected chi connectivity index (χ1v) is 6.89. The normalized spacial score (nSPS) is 10.9. The molecule has 3 nitrogen and oxygen atoms in total. The highest BCUT2D eigenvalue weighted by Gasteiger charge is 2.22. The summed E-state index contributed by atoms with van der Waals surface area (Å²) < 4.78 is 18.1. The molecule has 1 heterocycles. The first-order chi connectivity index (χ1) is 8.50. The molecule has 0 radical (unpaired) electrons. The van der Waals surface area contributed by atoms with Crippen LogP contribution >= 0.6 is 27.5 Å². The maximum atomic E-state index is 13.7. The van der Waals surface area contributed by atoms with Crippen molar-refractivity contribution in [1.29, 1.82) is 0 Å². The third-order valence-corrected chi connectivity index (χ3v) is 3.67. The van der Waals surface area contributed by atoms with Gasteiger partial charge in [0, 0.05) is 4.47 Å². The molecule has 94 valence electrons. The molecule has 0 saturated heterocycles. The second-order valence-corrected chi connectivity index (χ2v) is 5.77. The number of aromatic nitrogens is 2. The Morgan fingerprint density at radius 3 is 2.83 bits per heavy atom. The average Bonchev–Trinajstić information content (AvgIpc) is 2.80. The molecular weight excluding hydrogens is 319 g/mol. The number of nitrogens with zero attached hydrogens (tertiary/aromatic N) is 2. The Labute approximate surface area is 116 Å². The predicted octanol–water partition coefficient (Wildman–Crippen LogP) is 3.79. The van der Waals surface area contributed by atoms with Gasteiger partial charge in [0.05, 0.1) is 11.3 Å². The highest BCUT2D eigenvalue weighted by atomic mass is 79.9. The number of rotatable bonds is 3. The van der Waals surface area contributed by atoms with Gasteiger partial charge in [0.15, 0.2) is 0 Å². The van der Waals surface area contributed by atoms with Crippen molar-refractivity contribution in [3.05, 3.63) is 44.6 Å². The largest absolute Gasteiger partial charge is 0.287 e. The van der Waals surface area contributed by atoms with E-state index in [0.717, 1.165) is 11.5 Å². The van der Waals surface area contributed by atoms with Crippen LogP contribution in [0.25, 0.3) is 0 Å². The summed E-state index contributed by atoms with van der Waals surface area (Å²) in [6.07, 6.45) is 0. The SMILES string of the molecule is CC(C)c1nnsc1C(=O)c1cc(Br)ccc1F. The summed E-state index contributed by atoms with van der Waals surface area (Å²) >= 11 is 4.23. The zero-order valence-corrected chi connectivity index (χ0v) is 12.2. The molecule has 0 aliphatic heterocycles. The van der Waals surface area contributed by atoms with Crippen LogP contribution in [0.1, 0.15) is 40.7 Å². The smallest absolute Gasteiger partial charge is 0.209 e. The summed E-state index contributed by atoms with van der Waals surface area (Å²) in [4.78, 5) is 12.7. The molecule has 0 unspecified atom stereocenters. The second-order valence-electron chi connectivity index (χ2n) is 4.10. The molecule has 0 N–H and O–H groups in total. The molecule has 0 atom stereocenters. The molecule has 0 aliphatic carbocycles. The van der Waals surface area contributed by atoms with Gasteiger partial charge in [-0.3, -0.25) is 4.79 Å². The van der Waals surface area contributed by atoms with E-state index in [2.05, 4.69) is 25.5 Å². The fourth-order valence-corrected chi connectivity index (χ4v) is 2.66. The number of hydrogen-bond donors (Lipinski definition) is 0. The molecule has 0 aliphatic rings. The maximum absolute atomic E-state index is 13.7. The van der Waals surface area contributed by atoms with Crippen LogP contribution in [-0.2, 0) is 0 Å². The minimum atomic E-state index is -0.536. The maximum Gasteiger partial charge on any atom is 0.209 e. The van der Waals surface area contributed by atoms with Crippen LogP contribution in [0.15, 0.2) is 22.7 Å². The molecule has 0 fully saturated rings. The monoisotopic (exact) mass is 328 g/mol. The van der Waals surface area contributed by atoms with Crippen molar-refractivity contribution < 1.29 is 9.18 Å². The van der Waals surface area contributed by atoms with E-state index in [1.807, 2.05) is 13.8 Å². The summed E-state index contributed by atoms with van der Waals surface area (Å²) in [6.45, 7) is 3.84. The van der Waals surface area contributed by atoms with Crippen LogP contribution in [0.4, 0.5) is 4.39 Å². The molecule has 18 heavy (non-hydrogen) atoms. The van der Waals surface area contributed by atoms with Gasteiger partial charge in [-0.15, -0.1) is 5.10 Å². The van der Waals surface area contributed by atoms with E-state index in [4.69, 9.17) is 0 Å². The molecular formula is C12H10BrFN2OS. The Hall–Kier alpha value is -1.14. The Kier molecular flexibility index (Phi) is 3.87. The number of ketones is 1. The summed E-state index contributed by atoms with van der Waals surface area (Å²) in [5, 5.41) is 3.93. The van der Waals surface area contributed by atoms with Crippen LogP contribution in [0.3, 0.4) is 0 Å². The van der Waals surface area contributed by atoms with Crippen LogP contribution in [-0.4, -0.2) is 15.4 Å². The molecule has 0 amide bonds. The topological polar surface area (TPSA) is 42.9 Å². The van der Waals surface area contributed by atoms with E-state index in [0.29, 0.717) is 15.0 Å². The van der Waals surface area contributed by atoms with E-state index >= 15 is 0 Å². The second kappa shape index (κ2) is 5.24. The highest BCUT2D eigenvalue weighted by Crippen LogP contribution is 2.25. The Bertz CT molecular complexity index is 598. The lowest BCUT2D eigenvalue weighted by Gasteiger charge is -2.04. The summed E-state index contributed by atoms with van der Waals surface area (Å²) in [7, 11) is 0. The van der Waals surface area contributed by atoms with Crippen molar-refractivity contribution >= 4 is 33.2 Å². The van der Waals surface area contributed by atoms with Gasteiger partial charge < -0.3 is 0 Å². The first-order valence-electron chi connectivity index (χ1n) is 5.32. The Morgan fingerprint density at radius 2 is 2.17 bits per heavy atom. The minimum Gasteiger partial charge on any atom is -0.287 e. The van der Waals surface area contributed by atoms with Gasteiger partial charge in [0.2, 0.25) is 5.78 Å². The lowest BCUT2D eigenvalue weighted by Crippen LogP contribution is -2.06. The quantitative estimate of drug-likeness (QED) is 0.805. The fourth-order valence-electron chi connectivity index (χ4n) is 1.53. The van der Waals surface area contributed by atoms with E-state index in [-0.39, 0.29) is 17.3 Å². The van der Waals surface area contributed by atoms with Crippen LogP contribution in [0.5, 0.6) is 0 Å². The standard InChI is InChI=1S/C12H10BrFN2OS/c1-6(2)10-12(18-16-15-10)11(17)8-5-7(13)3-4-9(8)14/h3-6H,1-2H3. The minimum absolute atomic E-state index is 0.0392. The van der Waals surface area contributed by atoms with Crippen molar-refractivity contribution in [2.75, 3.05) is 0 Å². The van der Waals surface area contributed by atoms with E-state index < -0.39 is 5.82 Å². The number of carbonyl (C=O) groups excluding carboxylic acids is 1. The summed E-state index contributed by atoms with van der Waals surface area (Å²) in [6, 6.07) is 4.29. The molecule has 2 rings (SSSR count). The molecule has 2 aromatic rings. The van der Waals surface area contributed by atoms with Crippen LogP contribution in [0.2, 0.25) is 0 Å². The van der Waals surface area contributed by atoms with Gasteiger partial charge in [-0.05, 0) is 35.6 Å². The number of halogens is 2. The van der Waals surface area contributed by atoms with Crippen molar-refractivity contribution in [3.63, 3.8) is 0 Å². The molecule has 1 aromatic heterocycles. The van der Waals surface area contributed by atoms with Crippen molar-refractivity contribution in [1.82, 2.24) is 9.59 Å². The van der Waals surface area contributed by atoms with Gasteiger partial charge in [-0.1, -0.05) is 34.3 Å². The Morgan fingerprint density at radius 1 is 1.44 bits per heavy atom. The van der Waals surface area contributed by atoms with Gasteiger partial charge >= 0.3 is 0 Å². The lowest BCUT2D eigenvalue weighted by atomic mass is 10.0. The zero-order valence-electron chi connectivity index (χ0n) is 9.78. The average molecular weight is 329 g/mol. The van der Waals surface area contributed by atoms with Crippen LogP contribution < -0.4 is 0 Å². The lowest BCUT2D eigenvalue weighted by molar-refractivity contribution is 0.103. The molecule has 0 spiro atoms. The third kappa shape index (κ3) is 2.49. The number of benzene rings is 1. The molecule has 6 heteroatoms. The van der Waals surface area contributed by atoms with Gasteiger partial charge in [-0.25, -0.2) is 4.39 Å². The van der Waals surface area contributed by atoms with Crippen molar-refractivity contribution in [2.45, 2.75) is 19.8 Å². The van der Waals surface area contributed by atoms with E-state index in [1.54, 1.807) is 6.07 Å². The first kappa shape index (κ1) is 13.3.